The maximum atomic E-state index is 6.19. The van der Waals surface area contributed by atoms with E-state index in [9.17, 15) is 0 Å². The molecule has 7 heteroatoms. The Labute approximate surface area is 193 Å². The van der Waals surface area contributed by atoms with Crippen molar-refractivity contribution < 1.29 is 9.47 Å². The Morgan fingerprint density at radius 1 is 1.00 bits per heavy atom. The summed E-state index contributed by atoms with van der Waals surface area (Å²) in [6.07, 6.45) is 6.77. The summed E-state index contributed by atoms with van der Waals surface area (Å²) in [5, 5.41) is 3.66. The fourth-order valence-corrected chi connectivity index (χ4v) is 3.52. The molecule has 0 amide bonds. The molecule has 2 aromatic carbocycles. The van der Waals surface area contributed by atoms with Crippen molar-refractivity contribution in [3.05, 3.63) is 89.8 Å². The van der Waals surface area contributed by atoms with Crippen LogP contribution < -0.4 is 25.6 Å². The molecule has 0 radical (unpaired) electrons. The molecule has 3 aromatic rings. The molecule has 1 saturated carbocycles. The zero-order valence-corrected chi connectivity index (χ0v) is 18.7. The second-order valence-corrected chi connectivity index (χ2v) is 7.82. The molecule has 4 rings (SSSR count). The fraction of sp³-hybridized carbons (Fsp3) is 0.200. The van der Waals surface area contributed by atoms with E-state index in [1.165, 1.54) is 12.0 Å². The van der Waals surface area contributed by atoms with E-state index in [-0.39, 0.29) is 0 Å². The second kappa shape index (κ2) is 10.6. The third-order valence-corrected chi connectivity index (χ3v) is 5.45. The lowest BCUT2D eigenvalue weighted by Gasteiger charge is -2.26. The van der Waals surface area contributed by atoms with Crippen molar-refractivity contribution in [3.63, 3.8) is 0 Å². The van der Waals surface area contributed by atoms with Gasteiger partial charge in [0, 0.05) is 23.6 Å². The van der Waals surface area contributed by atoms with Gasteiger partial charge in [-0.05, 0) is 85.1 Å². The molecule has 1 fully saturated rings. The number of aromatic nitrogens is 1. The average Bonchev–Trinajstić information content (AvgIpc) is 2.80. The second-order valence-electron chi connectivity index (χ2n) is 7.41. The summed E-state index contributed by atoms with van der Waals surface area (Å²) in [5.74, 6) is 1.54. The van der Waals surface area contributed by atoms with E-state index in [2.05, 4.69) is 21.2 Å². The van der Waals surface area contributed by atoms with Crippen LogP contribution in [0.4, 0.5) is 5.69 Å². The average molecular weight is 447 g/mol. The van der Waals surface area contributed by atoms with E-state index in [1.54, 1.807) is 19.5 Å². The molecule has 3 N–H and O–H groups in total. The van der Waals surface area contributed by atoms with Gasteiger partial charge in [-0.25, -0.2) is 0 Å². The molecule has 164 valence electrons. The Morgan fingerprint density at radius 3 is 2.47 bits per heavy atom. The number of para-hydroxylation sites is 1. The first kappa shape index (κ1) is 21.6. The highest BCUT2D eigenvalue weighted by molar-refractivity contribution is 7.80. The quantitative estimate of drug-likeness (QED) is 0.330. The Kier molecular flexibility index (Phi) is 7.19. The van der Waals surface area contributed by atoms with E-state index < -0.39 is 0 Å². The van der Waals surface area contributed by atoms with Gasteiger partial charge in [0.1, 0.15) is 18.1 Å². The largest absolute Gasteiger partial charge is 0.497 e. The fourth-order valence-electron chi connectivity index (χ4n) is 3.35. The van der Waals surface area contributed by atoms with Gasteiger partial charge in [-0.1, -0.05) is 18.2 Å². The van der Waals surface area contributed by atoms with Crippen LogP contribution in [0.1, 0.15) is 30.4 Å². The topological polar surface area (TPSA) is 67.4 Å². The predicted molar refractivity (Wildman–Crippen MR) is 131 cm³/mol. The Hall–Kier alpha value is -3.58. The number of ether oxygens (including phenoxy) is 2. The number of rotatable bonds is 8. The SMILES string of the molecule is COc1ccc(OCc2ccncc2)c(C(NNC(=S)Nc2ccccc2)=C2CCC2)c1. The highest BCUT2D eigenvalue weighted by Crippen LogP contribution is 2.37. The van der Waals surface area contributed by atoms with Crippen molar-refractivity contribution in [2.45, 2.75) is 25.9 Å². The molecule has 0 aliphatic heterocycles. The molecule has 32 heavy (non-hydrogen) atoms. The maximum absolute atomic E-state index is 6.19. The highest BCUT2D eigenvalue weighted by atomic mass is 32.1. The van der Waals surface area contributed by atoms with Crippen LogP contribution in [0.2, 0.25) is 0 Å². The van der Waals surface area contributed by atoms with Gasteiger partial charge in [0.05, 0.1) is 12.8 Å². The Bertz CT molecular complexity index is 1080. The van der Waals surface area contributed by atoms with Gasteiger partial charge < -0.3 is 14.8 Å². The summed E-state index contributed by atoms with van der Waals surface area (Å²) in [5.41, 5.74) is 11.7. The number of hydrogen-bond donors (Lipinski definition) is 3. The van der Waals surface area contributed by atoms with Crippen LogP contribution >= 0.6 is 12.2 Å². The molecule has 1 aromatic heterocycles. The van der Waals surface area contributed by atoms with Crippen molar-refractivity contribution >= 4 is 28.7 Å². The zero-order chi connectivity index (χ0) is 22.2. The number of hydrazine groups is 1. The molecule has 1 aliphatic rings. The minimum absolute atomic E-state index is 0.450. The molecular weight excluding hydrogens is 420 g/mol. The number of thiocarbonyl (C=S) groups is 1. The Balaban J connectivity index is 1.53. The Morgan fingerprint density at radius 2 is 1.78 bits per heavy atom. The summed E-state index contributed by atoms with van der Waals surface area (Å²) < 4.78 is 11.7. The van der Waals surface area contributed by atoms with Gasteiger partial charge in [0.15, 0.2) is 5.11 Å². The van der Waals surface area contributed by atoms with Crippen molar-refractivity contribution in [2.75, 3.05) is 12.4 Å². The minimum atomic E-state index is 0.450. The van der Waals surface area contributed by atoms with Crippen LogP contribution in [0, 0.1) is 0 Å². The summed E-state index contributed by atoms with van der Waals surface area (Å²) in [4.78, 5) is 4.07. The zero-order valence-electron chi connectivity index (χ0n) is 17.9. The van der Waals surface area contributed by atoms with Crippen molar-refractivity contribution in [3.8, 4) is 11.5 Å². The van der Waals surface area contributed by atoms with E-state index in [1.807, 2.05) is 60.7 Å². The number of methoxy groups -OCH3 is 1. The maximum Gasteiger partial charge on any atom is 0.189 e. The van der Waals surface area contributed by atoms with Crippen molar-refractivity contribution in [1.29, 1.82) is 0 Å². The van der Waals surface area contributed by atoms with Crippen molar-refractivity contribution in [2.24, 2.45) is 0 Å². The van der Waals surface area contributed by atoms with Gasteiger partial charge in [-0.15, -0.1) is 0 Å². The molecular formula is C25H26N4O2S. The first-order valence-electron chi connectivity index (χ1n) is 10.5. The van der Waals surface area contributed by atoms with Crippen molar-refractivity contribution in [1.82, 2.24) is 15.8 Å². The summed E-state index contributed by atoms with van der Waals surface area (Å²) in [6.45, 7) is 0.450. The molecule has 0 bridgehead atoms. The molecule has 0 atom stereocenters. The third kappa shape index (κ3) is 5.56. The predicted octanol–water partition coefficient (Wildman–Crippen LogP) is 5.06. The lowest BCUT2D eigenvalue weighted by atomic mass is 9.88. The summed E-state index contributed by atoms with van der Waals surface area (Å²) >= 11 is 5.47. The lowest BCUT2D eigenvalue weighted by Crippen LogP contribution is -2.40. The van der Waals surface area contributed by atoms with Gasteiger partial charge in [0.25, 0.3) is 0 Å². The normalized spacial score (nSPS) is 12.3. The number of anilines is 1. The number of allylic oxidation sites excluding steroid dienone is 1. The van der Waals surface area contributed by atoms with E-state index in [4.69, 9.17) is 21.7 Å². The van der Waals surface area contributed by atoms with E-state index >= 15 is 0 Å². The molecule has 6 nitrogen and oxygen atoms in total. The molecule has 1 aliphatic carbocycles. The van der Waals surface area contributed by atoms with Crippen LogP contribution in [0.15, 0.2) is 78.6 Å². The molecule has 1 heterocycles. The van der Waals surface area contributed by atoms with Crippen LogP contribution in [-0.4, -0.2) is 17.2 Å². The number of pyridine rings is 1. The number of hydrogen-bond acceptors (Lipinski definition) is 5. The molecule has 0 spiro atoms. The highest BCUT2D eigenvalue weighted by Gasteiger charge is 2.20. The van der Waals surface area contributed by atoms with Crippen LogP contribution in [0.25, 0.3) is 5.70 Å². The summed E-state index contributed by atoms with van der Waals surface area (Å²) in [6, 6.07) is 19.6. The smallest absolute Gasteiger partial charge is 0.189 e. The first-order valence-corrected chi connectivity index (χ1v) is 10.9. The van der Waals surface area contributed by atoms with Crippen LogP contribution in [0.3, 0.4) is 0 Å². The third-order valence-electron chi connectivity index (χ3n) is 5.24. The van der Waals surface area contributed by atoms with E-state index in [0.717, 1.165) is 46.9 Å². The standard InChI is InChI=1S/C25H26N4O2S/c1-30-21-10-11-23(31-17-18-12-14-26-15-13-18)22(16-21)24(19-6-5-7-19)28-29-25(32)27-20-8-3-2-4-9-20/h2-4,8-16,28H,5-7,17H2,1H3,(H2,27,29,32). The minimum Gasteiger partial charge on any atom is -0.497 e. The number of benzene rings is 2. The molecule has 0 unspecified atom stereocenters. The lowest BCUT2D eigenvalue weighted by molar-refractivity contribution is 0.304. The monoisotopic (exact) mass is 446 g/mol. The molecule has 0 saturated heterocycles. The number of nitrogens with one attached hydrogen (secondary N) is 3. The van der Waals surface area contributed by atoms with Gasteiger partial charge >= 0.3 is 0 Å². The van der Waals surface area contributed by atoms with E-state index in [0.29, 0.717) is 11.7 Å². The van der Waals surface area contributed by atoms with Crippen LogP contribution in [0.5, 0.6) is 11.5 Å². The summed E-state index contributed by atoms with van der Waals surface area (Å²) in [7, 11) is 1.66. The van der Waals surface area contributed by atoms with Gasteiger partial charge in [0.2, 0.25) is 0 Å². The van der Waals surface area contributed by atoms with Gasteiger partial charge in [-0.3, -0.25) is 15.8 Å². The first-order chi connectivity index (χ1) is 15.7. The van der Waals surface area contributed by atoms with Gasteiger partial charge in [-0.2, -0.15) is 0 Å². The number of nitrogens with zero attached hydrogens (tertiary/aromatic N) is 1. The van der Waals surface area contributed by atoms with Crippen LogP contribution in [-0.2, 0) is 6.61 Å².